The average Bonchev–Trinajstić information content (AvgIpc) is 2.79. The lowest BCUT2D eigenvalue weighted by Crippen LogP contribution is -2.43. The van der Waals surface area contributed by atoms with Gasteiger partial charge in [0.1, 0.15) is 11.6 Å². The third kappa shape index (κ3) is 5.95. The molecular weight excluding hydrogens is 432 g/mol. The molecule has 1 aromatic heterocycles. The summed E-state index contributed by atoms with van der Waals surface area (Å²) in [7, 11) is 0. The maximum atomic E-state index is 13.2. The second kappa shape index (κ2) is 10.9. The summed E-state index contributed by atoms with van der Waals surface area (Å²) in [4.78, 5) is 42.3. The van der Waals surface area contributed by atoms with Crippen LogP contribution in [0, 0.1) is 19.8 Å². The molecule has 34 heavy (non-hydrogen) atoms. The maximum absolute atomic E-state index is 13.2. The Morgan fingerprint density at radius 1 is 1.09 bits per heavy atom. The number of nitrogen functional groups attached to an aromatic ring is 1. The van der Waals surface area contributed by atoms with Crippen molar-refractivity contribution in [3.63, 3.8) is 0 Å². The summed E-state index contributed by atoms with van der Waals surface area (Å²) in [6.45, 7) is 8.18. The number of carbonyl (C=O) groups excluding carboxylic acids is 1. The minimum atomic E-state index is -0.699. The van der Waals surface area contributed by atoms with E-state index in [2.05, 4.69) is 4.98 Å². The number of carbonyl (C=O) groups is 1. The highest BCUT2D eigenvalue weighted by atomic mass is 16.5. The second-order valence-corrected chi connectivity index (χ2v) is 8.83. The van der Waals surface area contributed by atoms with Crippen LogP contribution in [0.1, 0.15) is 37.0 Å². The Bertz CT molecular complexity index is 1260. The Morgan fingerprint density at radius 3 is 2.44 bits per heavy atom. The number of anilines is 2. The first-order valence-corrected chi connectivity index (χ1v) is 11.3. The van der Waals surface area contributed by atoms with Gasteiger partial charge in [-0.25, -0.2) is 4.79 Å². The Kier molecular flexibility index (Phi) is 7.94. The molecule has 3 N–H and O–H groups in total. The largest absolute Gasteiger partial charge is 0.484 e. The predicted octanol–water partition coefficient (Wildman–Crippen LogP) is 3.24. The third-order valence-corrected chi connectivity index (χ3v) is 5.74. The molecule has 0 radical (unpaired) electrons. The van der Waals surface area contributed by atoms with Crippen LogP contribution in [0.2, 0.25) is 0 Å². The summed E-state index contributed by atoms with van der Waals surface area (Å²) in [5.74, 6) is 0.379. The number of rotatable bonds is 9. The molecule has 0 aliphatic heterocycles. The lowest BCUT2D eigenvalue weighted by molar-refractivity contribution is -0.120. The number of nitrogens with two attached hydrogens (primary N) is 1. The van der Waals surface area contributed by atoms with E-state index >= 15 is 0 Å². The summed E-state index contributed by atoms with van der Waals surface area (Å²) in [5, 5.41) is 0. The number of H-pyrrole nitrogens is 1. The van der Waals surface area contributed by atoms with Crippen molar-refractivity contribution in [3.8, 4) is 5.75 Å². The smallest absolute Gasteiger partial charge is 0.330 e. The normalized spacial score (nSPS) is 11.0. The molecule has 180 valence electrons. The SMILES string of the molecule is Cc1ccc(OCC(=O)N(CCC(C)C)c2c(N)n(Cc3ccccc3)c(=O)[nH]c2=O)cc1C. The summed E-state index contributed by atoms with van der Waals surface area (Å²) >= 11 is 0. The van der Waals surface area contributed by atoms with E-state index in [1.54, 1.807) is 6.07 Å². The molecule has 0 saturated heterocycles. The van der Waals surface area contributed by atoms with Gasteiger partial charge in [0.15, 0.2) is 12.3 Å². The van der Waals surface area contributed by atoms with E-state index in [1.807, 2.05) is 70.2 Å². The molecule has 8 heteroatoms. The van der Waals surface area contributed by atoms with Crippen LogP contribution in [-0.4, -0.2) is 28.6 Å². The zero-order valence-electron chi connectivity index (χ0n) is 20.1. The van der Waals surface area contributed by atoms with Crippen LogP contribution >= 0.6 is 0 Å². The molecule has 0 saturated carbocycles. The Morgan fingerprint density at radius 2 is 1.79 bits per heavy atom. The molecule has 1 heterocycles. The van der Waals surface area contributed by atoms with E-state index in [0.29, 0.717) is 12.2 Å². The molecule has 0 aliphatic rings. The van der Waals surface area contributed by atoms with Crippen molar-refractivity contribution < 1.29 is 9.53 Å². The number of amides is 1. The van der Waals surface area contributed by atoms with Crippen LogP contribution in [0.15, 0.2) is 58.1 Å². The lowest BCUT2D eigenvalue weighted by atomic mass is 10.1. The minimum absolute atomic E-state index is 0.0372. The van der Waals surface area contributed by atoms with Crippen molar-refractivity contribution in [2.45, 2.75) is 40.7 Å². The number of hydrogen-bond acceptors (Lipinski definition) is 5. The van der Waals surface area contributed by atoms with Crippen molar-refractivity contribution in [2.75, 3.05) is 23.8 Å². The molecule has 3 rings (SSSR count). The van der Waals surface area contributed by atoms with Gasteiger partial charge in [0.25, 0.3) is 11.5 Å². The van der Waals surface area contributed by atoms with Gasteiger partial charge in [-0.1, -0.05) is 50.2 Å². The number of benzene rings is 2. The number of nitrogens with one attached hydrogen (secondary N) is 1. The van der Waals surface area contributed by atoms with Crippen molar-refractivity contribution in [1.82, 2.24) is 9.55 Å². The fourth-order valence-corrected chi connectivity index (χ4v) is 3.54. The number of nitrogens with zero attached hydrogens (tertiary/aromatic N) is 2. The highest BCUT2D eigenvalue weighted by molar-refractivity contribution is 5.96. The van der Waals surface area contributed by atoms with Crippen molar-refractivity contribution in [1.29, 1.82) is 0 Å². The van der Waals surface area contributed by atoms with Crippen molar-refractivity contribution in [3.05, 3.63) is 86.1 Å². The molecule has 0 fully saturated rings. The van der Waals surface area contributed by atoms with Crippen LogP contribution in [-0.2, 0) is 11.3 Å². The molecule has 8 nitrogen and oxygen atoms in total. The maximum Gasteiger partial charge on any atom is 0.330 e. The van der Waals surface area contributed by atoms with Gasteiger partial charge < -0.3 is 15.4 Å². The van der Waals surface area contributed by atoms with Gasteiger partial charge in [-0.05, 0) is 55.0 Å². The Labute approximate surface area is 199 Å². The third-order valence-electron chi connectivity index (χ3n) is 5.74. The summed E-state index contributed by atoms with van der Waals surface area (Å²) in [6, 6.07) is 14.9. The standard InChI is InChI=1S/C26H32N4O4/c1-17(2)12-13-29(22(31)16-34-21-11-10-18(3)19(4)14-21)23-24(27)30(26(33)28-25(23)32)15-20-8-6-5-7-9-20/h5-11,14,17H,12-13,15-16,27H2,1-4H3,(H,28,32,33). The van der Waals surface area contributed by atoms with E-state index in [0.717, 1.165) is 16.7 Å². The molecule has 0 spiro atoms. The fraction of sp³-hybridized carbons (Fsp3) is 0.346. The van der Waals surface area contributed by atoms with Gasteiger partial charge in [-0.15, -0.1) is 0 Å². The van der Waals surface area contributed by atoms with Crippen LogP contribution in [0.25, 0.3) is 0 Å². The molecular formula is C26H32N4O4. The average molecular weight is 465 g/mol. The van der Waals surface area contributed by atoms with Gasteiger partial charge in [0, 0.05) is 6.54 Å². The van der Waals surface area contributed by atoms with Crippen LogP contribution in [0.5, 0.6) is 5.75 Å². The van der Waals surface area contributed by atoms with E-state index in [4.69, 9.17) is 10.5 Å². The summed E-state index contributed by atoms with van der Waals surface area (Å²) < 4.78 is 7.00. The molecule has 1 amide bonds. The van der Waals surface area contributed by atoms with E-state index in [9.17, 15) is 14.4 Å². The minimum Gasteiger partial charge on any atom is -0.484 e. The Balaban J connectivity index is 1.94. The molecule has 0 atom stereocenters. The van der Waals surface area contributed by atoms with Crippen LogP contribution < -0.4 is 26.6 Å². The summed E-state index contributed by atoms with van der Waals surface area (Å²) in [5.41, 5.74) is 7.98. The number of aryl methyl sites for hydroxylation is 2. The monoisotopic (exact) mass is 464 g/mol. The molecule has 2 aromatic carbocycles. The first-order valence-electron chi connectivity index (χ1n) is 11.3. The van der Waals surface area contributed by atoms with Gasteiger partial charge in [0.2, 0.25) is 0 Å². The van der Waals surface area contributed by atoms with E-state index < -0.39 is 17.2 Å². The van der Waals surface area contributed by atoms with Gasteiger partial charge in [0.05, 0.1) is 6.54 Å². The molecule has 0 bridgehead atoms. The molecule has 3 aromatic rings. The first-order chi connectivity index (χ1) is 16.2. The molecule has 0 unspecified atom stereocenters. The second-order valence-electron chi connectivity index (χ2n) is 8.83. The zero-order chi connectivity index (χ0) is 24.8. The number of aromatic amines is 1. The van der Waals surface area contributed by atoms with Gasteiger partial charge in [-0.2, -0.15) is 0 Å². The first kappa shape index (κ1) is 24.8. The highest BCUT2D eigenvalue weighted by Gasteiger charge is 2.25. The zero-order valence-corrected chi connectivity index (χ0v) is 20.1. The predicted molar refractivity (Wildman–Crippen MR) is 134 cm³/mol. The number of ether oxygens (including phenoxy) is 1. The number of aromatic nitrogens is 2. The quantitative estimate of drug-likeness (QED) is 0.505. The lowest BCUT2D eigenvalue weighted by Gasteiger charge is -2.25. The summed E-state index contributed by atoms with van der Waals surface area (Å²) in [6.07, 6.45) is 0.645. The van der Waals surface area contributed by atoms with Gasteiger partial charge >= 0.3 is 5.69 Å². The fourth-order valence-electron chi connectivity index (χ4n) is 3.54. The van der Waals surface area contributed by atoms with Crippen molar-refractivity contribution in [2.24, 2.45) is 5.92 Å². The number of hydrogen-bond donors (Lipinski definition) is 2. The topological polar surface area (TPSA) is 110 Å². The highest BCUT2D eigenvalue weighted by Crippen LogP contribution is 2.21. The van der Waals surface area contributed by atoms with Crippen LogP contribution in [0.4, 0.5) is 11.5 Å². The van der Waals surface area contributed by atoms with Crippen molar-refractivity contribution >= 4 is 17.4 Å². The Hall–Kier alpha value is -3.81. The van der Waals surface area contributed by atoms with Crippen LogP contribution in [0.3, 0.4) is 0 Å². The molecule has 0 aliphatic carbocycles. The van der Waals surface area contributed by atoms with Gasteiger partial charge in [-0.3, -0.25) is 19.1 Å². The van der Waals surface area contributed by atoms with E-state index in [1.165, 1.54) is 9.47 Å². The van der Waals surface area contributed by atoms with E-state index in [-0.39, 0.29) is 37.1 Å².